The van der Waals surface area contributed by atoms with E-state index in [0.717, 1.165) is 28.8 Å². The molecule has 98 valence electrons. The van der Waals surface area contributed by atoms with E-state index < -0.39 is 0 Å². The summed E-state index contributed by atoms with van der Waals surface area (Å²) < 4.78 is 3.70. The van der Waals surface area contributed by atoms with Gasteiger partial charge >= 0.3 is 5.69 Å². The highest BCUT2D eigenvalue weighted by Gasteiger charge is 2.21. The molecule has 0 spiro atoms. The Kier molecular flexibility index (Phi) is 2.48. The Labute approximate surface area is 114 Å². The van der Waals surface area contributed by atoms with Gasteiger partial charge in [-0.15, -0.1) is 0 Å². The zero-order valence-electron chi connectivity index (χ0n) is 10.6. The van der Waals surface area contributed by atoms with Crippen molar-refractivity contribution in [2.45, 2.75) is 38.1 Å². The standard InChI is InChI=1S/C14H15N3OS/c18-14-16-12-9-5-4-8-11(12)15-13(16)19-17(14)10-6-2-1-3-7-10/h4-5,8-10H,1-3,6-7H2. The first-order valence-corrected chi connectivity index (χ1v) is 7.61. The van der Waals surface area contributed by atoms with E-state index in [2.05, 4.69) is 4.98 Å². The van der Waals surface area contributed by atoms with Gasteiger partial charge in [0.05, 0.1) is 11.0 Å². The second kappa shape index (κ2) is 4.20. The lowest BCUT2D eigenvalue weighted by Gasteiger charge is -2.20. The molecule has 2 heterocycles. The molecule has 0 amide bonds. The van der Waals surface area contributed by atoms with Crippen LogP contribution in [0.3, 0.4) is 0 Å². The van der Waals surface area contributed by atoms with Gasteiger partial charge in [0.25, 0.3) is 0 Å². The molecule has 0 N–H and O–H groups in total. The van der Waals surface area contributed by atoms with Gasteiger partial charge in [0.1, 0.15) is 0 Å². The van der Waals surface area contributed by atoms with Crippen molar-refractivity contribution in [3.63, 3.8) is 0 Å². The fourth-order valence-corrected chi connectivity index (χ4v) is 4.11. The van der Waals surface area contributed by atoms with Crippen molar-refractivity contribution in [3.8, 4) is 0 Å². The Bertz CT molecular complexity index is 792. The predicted octanol–water partition coefficient (Wildman–Crippen LogP) is 3.22. The summed E-state index contributed by atoms with van der Waals surface area (Å²) in [5.74, 6) is 0. The van der Waals surface area contributed by atoms with Crippen LogP contribution in [0.25, 0.3) is 16.0 Å². The Morgan fingerprint density at radius 3 is 2.79 bits per heavy atom. The van der Waals surface area contributed by atoms with Crippen LogP contribution >= 0.6 is 11.5 Å². The van der Waals surface area contributed by atoms with Crippen molar-refractivity contribution in [2.75, 3.05) is 0 Å². The summed E-state index contributed by atoms with van der Waals surface area (Å²) in [6, 6.07) is 8.22. The van der Waals surface area contributed by atoms with E-state index in [-0.39, 0.29) is 5.69 Å². The summed E-state index contributed by atoms with van der Waals surface area (Å²) in [7, 11) is 0. The van der Waals surface area contributed by atoms with Gasteiger partial charge in [0.2, 0.25) is 4.96 Å². The van der Waals surface area contributed by atoms with Gasteiger partial charge in [-0.05, 0) is 36.5 Å². The summed E-state index contributed by atoms with van der Waals surface area (Å²) >= 11 is 1.51. The summed E-state index contributed by atoms with van der Waals surface area (Å²) in [6.07, 6.45) is 6.02. The minimum atomic E-state index is 0.0839. The maximum atomic E-state index is 12.6. The first-order valence-electron chi connectivity index (χ1n) is 6.83. The van der Waals surface area contributed by atoms with Crippen molar-refractivity contribution >= 4 is 27.5 Å². The number of aromatic nitrogens is 3. The number of para-hydroxylation sites is 2. The molecule has 1 aromatic carbocycles. The quantitative estimate of drug-likeness (QED) is 0.683. The van der Waals surface area contributed by atoms with Crippen LogP contribution in [-0.2, 0) is 0 Å². The smallest absolute Gasteiger partial charge is 0.246 e. The molecule has 0 atom stereocenters. The van der Waals surface area contributed by atoms with E-state index in [1.54, 1.807) is 4.40 Å². The third-order valence-electron chi connectivity index (χ3n) is 4.00. The van der Waals surface area contributed by atoms with Gasteiger partial charge in [-0.1, -0.05) is 31.4 Å². The lowest BCUT2D eigenvalue weighted by molar-refractivity contribution is 0.362. The number of hydrogen-bond acceptors (Lipinski definition) is 3. The largest absolute Gasteiger partial charge is 0.344 e. The second-order valence-electron chi connectivity index (χ2n) is 5.21. The van der Waals surface area contributed by atoms with Crippen LogP contribution < -0.4 is 5.69 Å². The van der Waals surface area contributed by atoms with Gasteiger partial charge in [0, 0.05) is 6.04 Å². The molecule has 0 saturated heterocycles. The zero-order valence-corrected chi connectivity index (χ0v) is 11.4. The minimum Gasteiger partial charge on any atom is -0.246 e. The molecule has 1 aliphatic carbocycles. The molecule has 0 bridgehead atoms. The van der Waals surface area contributed by atoms with E-state index in [4.69, 9.17) is 0 Å². The van der Waals surface area contributed by atoms with Crippen LogP contribution in [0.2, 0.25) is 0 Å². The van der Waals surface area contributed by atoms with Gasteiger partial charge in [0.15, 0.2) is 0 Å². The Morgan fingerprint density at radius 2 is 1.95 bits per heavy atom. The fraction of sp³-hybridized carbons (Fsp3) is 0.429. The number of hydrogen-bond donors (Lipinski definition) is 0. The van der Waals surface area contributed by atoms with E-state index in [0.29, 0.717) is 6.04 Å². The number of fused-ring (bicyclic) bond motifs is 3. The zero-order chi connectivity index (χ0) is 12.8. The number of rotatable bonds is 1. The van der Waals surface area contributed by atoms with Crippen molar-refractivity contribution < 1.29 is 0 Å². The van der Waals surface area contributed by atoms with Crippen LogP contribution in [0.4, 0.5) is 0 Å². The Balaban J connectivity index is 1.94. The molecule has 1 aliphatic rings. The van der Waals surface area contributed by atoms with Crippen LogP contribution in [0, 0.1) is 0 Å². The molecule has 1 fully saturated rings. The molecule has 0 unspecified atom stereocenters. The monoisotopic (exact) mass is 273 g/mol. The molecular weight excluding hydrogens is 258 g/mol. The van der Waals surface area contributed by atoms with Gasteiger partial charge in [-0.25, -0.2) is 18.1 Å². The molecule has 4 rings (SSSR count). The summed E-state index contributed by atoms with van der Waals surface area (Å²) in [4.78, 5) is 18.0. The molecule has 2 aromatic heterocycles. The topological polar surface area (TPSA) is 39.3 Å². The van der Waals surface area contributed by atoms with Crippen molar-refractivity contribution in [3.05, 3.63) is 34.7 Å². The third kappa shape index (κ3) is 1.64. The van der Waals surface area contributed by atoms with E-state index in [1.807, 2.05) is 28.2 Å². The van der Waals surface area contributed by atoms with Crippen molar-refractivity contribution in [2.24, 2.45) is 0 Å². The molecule has 1 saturated carbocycles. The number of imidazole rings is 1. The van der Waals surface area contributed by atoms with E-state index in [1.165, 1.54) is 30.8 Å². The highest BCUT2D eigenvalue weighted by Crippen LogP contribution is 2.29. The van der Waals surface area contributed by atoms with Crippen molar-refractivity contribution in [1.29, 1.82) is 0 Å². The van der Waals surface area contributed by atoms with Crippen LogP contribution in [-0.4, -0.2) is 13.3 Å². The highest BCUT2D eigenvalue weighted by atomic mass is 32.1. The molecule has 4 nitrogen and oxygen atoms in total. The first kappa shape index (κ1) is 11.2. The van der Waals surface area contributed by atoms with E-state index >= 15 is 0 Å². The molecule has 3 aromatic rings. The van der Waals surface area contributed by atoms with Gasteiger partial charge in [-0.2, -0.15) is 0 Å². The SMILES string of the molecule is O=c1n(C2CCCCC2)sc2nc3ccccc3n12. The maximum absolute atomic E-state index is 12.6. The van der Waals surface area contributed by atoms with Crippen LogP contribution in [0.1, 0.15) is 38.1 Å². The number of nitrogens with zero attached hydrogens (tertiary/aromatic N) is 3. The van der Waals surface area contributed by atoms with Crippen molar-refractivity contribution in [1.82, 2.24) is 13.3 Å². The highest BCUT2D eigenvalue weighted by molar-refractivity contribution is 7.11. The third-order valence-corrected chi connectivity index (χ3v) is 5.08. The summed E-state index contributed by atoms with van der Waals surface area (Å²) in [6.45, 7) is 0. The number of benzene rings is 1. The van der Waals surface area contributed by atoms with E-state index in [9.17, 15) is 4.79 Å². The van der Waals surface area contributed by atoms with Crippen LogP contribution in [0.15, 0.2) is 29.1 Å². The average molecular weight is 273 g/mol. The lowest BCUT2D eigenvalue weighted by Crippen LogP contribution is -2.24. The Morgan fingerprint density at radius 1 is 1.16 bits per heavy atom. The first-order chi connectivity index (χ1) is 9.34. The predicted molar refractivity (Wildman–Crippen MR) is 77.0 cm³/mol. The fourth-order valence-electron chi connectivity index (χ4n) is 3.02. The molecule has 19 heavy (non-hydrogen) atoms. The molecule has 0 radical (unpaired) electrons. The Hall–Kier alpha value is -1.62. The second-order valence-corrected chi connectivity index (χ2v) is 6.15. The van der Waals surface area contributed by atoms with Gasteiger partial charge in [-0.3, -0.25) is 0 Å². The average Bonchev–Trinajstić information content (AvgIpc) is 2.97. The maximum Gasteiger partial charge on any atom is 0.344 e. The normalized spacial score (nSPS) is 17.5. The lowest BCUT2D eigenvalue weighted by atomic mass is 9.96. The summed E-state index contributed by atoms with van der Waals surface area (Å²) in [5, 5.41) is 0. The molecule has 0 aliphatic heterocycles. The molecular formula is C14H15N3OS. The minimum absolute atomic E-state index is 0.0839. The van der Waals surface area contributed by atoms with Crippen LogP contribution in [0.5, 0.6) is 0 Å². The summed E-state index contributed by atoms with van der Waals surface area (Å²) in [5.41, 5.74) is 1.91. The van der Waals surface area contributed by atoms with Gasteiger partial charge < -0.3 is 0 Å². The molecule has 5 heteroatoms.